The molecule has 28 heavy (non-hydrogen) atoms. The fourth-order valence-corrected chi connectivity index (χ4v) is 6.13. The zero-order valence-electron chi connectivity index (χ0n) is 15.5. The van der Waals surface area contributed by atoms with Crippen molar-refractivity contribution in [2.45, 2.75) is 31.2 Å². The van der Waals surface area contributed by atoms with Gasteiger partial charge in [0.15, 0.2) is 0 Å². The van der Waals surface area contributed by atoms with Crippen LogP contribution in [0.5, 0.6) is 0 Å². The molecule has 0 saturated carbocycles. The molecule has 1 fully saturated rings. The number of thiazole rings is 1. The van der Waals surface area contributed by atoms with Crippen LogP contribution in [0.1, 0.15) is 25.3 Å². The van der Waals surface area contributed by atoms with Gasteiger partial charge in [-0.05, 0) is 54.7 Å². The molecule has 1 aliphatic rings. The molecule has 0 unspecified atom stereocenters. The van der Waals surface area contributed by atoms with Gasteiger partial charge in [-0.1, -0.05) is 42.0 Å². The number of rotatable bonds is 4. The average molecular weight is 437 g/mol. The van der Waals surface area contributed by atoms with Gasteiger partial charge in [0.05, 0.1) is 21.7 Å². The molecular formula is C20H21ClN2O3S2. The van der Waals surface area contributed by atoms with Crippen molar-refractivity contribution in [2.75, 3.05) is 13.1 Å². The Balaban J connectivity index is 1.67. The molecule has 4 rings (SSSR count). The van der Waals surface area contributed by atoms with E-state index in [-0.39, 0.29) is 9.77 Å². The molecule has 148 valence electrons. The molecule has 1 aliphatic heterocycles. The molecule has 0 spiro atoms. The Morgan fingerprint density at radius 2 is 1.79 bits per heavy atom. The maximum Gasteiger partial charge on any atom is 0.308 e. The number of piperidine rings is 1. The molecule has 2 aromatic carbocycles. The monoisotopic (exact) mass is 436 g/mol. The number of nitrogens with zero attached hydrogens (tertiary/aromatic N) is 2. The molecule has 1 saturated heterocycles. The maximum absolute atomic E-state index is 13.0. The highest BCUT2D eigenvalue weighted by Crippen LogP contribution is 2.27. The van der Waals surface area contributed by atoms with Gasteiger partial charge < -0.3 is 0 Å². The van der Waals surface area contributed by atoms with Crippen molar-refractivity contribution < 1.29 is 8.42 Å². The number of sulfonamides is 1. The highest BCUT2D eigenvalue weighted by Gasteiger charge is 2.28. The van der Waals surface area contributed by atoms with Gasteiger partial charge in [0.2, 0.25) is 10.0 Å². The summed E-state index contributed by atoms with van der Waals surface area (Å²) in [7, 11) is -3.53. The fraction of sp³-hybridized carbons (Fsp3) is 0.350. The molecule has 0 amide bonds. The van der Waals surface area contributed by atoms with Gasteiger partial charge in [-0.25, -0.2) is 8.42 Å². The van der Waals surface area contributed by atoms with Crippen molar-refractivity contribution in [3.8, 4) is 0 Å². The van der Waals surface area contributed by atoms with E-state index < -0.39 is 10.0 Å². The van der Waals surface area contributed by atoms with Crippen molar-refractivity contribution in [3.63, 3.8) is 0 Å². The summed E-state index contributed by atoms with van der Waals surface area (Å²) >= 11 is 7.00. The second kappa shape index (κ2) is 7.63. The number of hydrogen-bond acceptors (Lipinski definition) is 4. The first kappa shape index (κ1) is 19.6. The second-order valence-electron chi connectivity index (χ2n) is 7.30. The quantitative estimate of drug-likeness (QED) is 0.616. The van der Waals surface area contributed by atoms with Crippen LogP contribution in [-0.2, 0) is 16.6 Å². The van der Waals surface area contributed by atoms with E-state index in [0.717, 1.165) is 35.3 Å². The van der Waals surface area contributed by atoms with E-state index in [1.807, 2.05) is 12.1 Å². The van der Waals surface area contributed by atoms with Crippen molar-refractivity contribution in [1.82, 2.24) is 8.87 Å². The molecular weight excluding hydrogens is 416 g/mol. The molecule has 3 aromatic rings. The molecule has 0 radical (unpaired) electrons. The van der Waals surface area contributed by atoms with E-state index in [9.17, 15) is 13.2 Å². The van der Waals surface area contributed by atoms with Crippen LogP contribution in [0.15, 0.2) is 52.2 Å². The van der Waals surface area contributed by atoms with Crippen molar-refractivity contribution in [3.05, 3.63) is 62.7 Å². The van der Waals surface area contributed by atoms with Crippen LogP contribution in [0.2, 0.25) is 5.02 Å². The van der Waals surface area contributed by atoms with Crippen LogP contribution in [0.4, 0.5) is 0 Å². The van der Waals surface area contributed by atoms with Crippen LogP contribution in [0.3, 0.4) is 0 Å². The Labute approximate surface area is 173 Å². The third-order valence-corrected chi connectivity index (χ3v) is 8.36. The normalized spacial score (nSPS) is 16.6. The zero-order chi connectivity index (χ0) is 19.9. The summed E-state index contributed by atoms with van der Waals surface area (Å²) in [5.74, 6) is 0.557. The van der Waals surface area contributed by atoms with E-state index in [1.54, 1.807) is 39.2 Å². The lowest BCUT2D eigenvalue weighted by atomic mass is 10.0. The molecule has 0 aliphatic carbocycles. The third kappa shape index (κ3) is 3.76. The van der Waals surface area contributed by atoms with Crippen LogP contribution in [-0.4, -0.2) is 30.4 Å². The largest absolute Gasteiger partial charge is 0.308 e. The molecule has 2 heterocycles. The number of hydrogen-bond donors (Lipinski definition) is 0. The summed E-state index contributed by atoms with van der Waals surface area (Å²) in [5, 5.41) is 0.647. The van der Waals surface area contributed by atoms with Crippen molar-refractivity contribution >= 4 is 43.2 Å². The van der Waals surface area contributed by atoms with Crippen LogP contribution in [0, 0.1) is 5.92 Å². The number of fused-ring (bicyclic) bond motifs is 1. The predicted molar refractivity (Wildman–Crippen MR) is 114 cm³/mol. The van der Waals surface area contributed by atoms with E-state index in [0.29, 0.717) is 35.3 Å². The van der Waals surface area contributed by atoms with Gasteiger partial charge in [-0.3, -0.25) is 9.36 Å². The molecule has 8 heteroatoms. The summed E-state index contributed by atoms with van der Waals surface area (Å²) in [5.41, 5.74) is 1.71. The third-order valence-electron chi connectivity index (χ3n) is 5.27. The summed E-state index contributed by atoms with van der Waals surface area (Å²) in [6, 6.07) is 12.3. The molecule has 5 nitrogen and oxygen atoms in total. The van der Waals surface area contributed by atoms with E-state index >= 15 is 0 Å². The predicted octanol–water partition coefficient (Wildman–Crippen LogP) is 4.19. The van der Waals surface area contributed by atoms with E-state index in [4.69, 9.17) is 11.6 Å². The van der Waals surface area contributed by atoms with Gasteiger partial charge in [0.1, 0.15) is 0 Å². The van der Waals surface area contributed by atoms with Gasteiger partial charge in [0, 0.05) is 18.1 Å². The summed E-state index contributed by atoms with van der Waals surface area (Å²) in [6.07, 6.45) is 1.76. The Bertz CT molecular complexity index is 1160. The molecule has 0 atom stereocenters. The Morgan fingerprint density at radius 1 is 1.11 bits per heavy atom. The van der Waals surface area contributed by atoms with Gasteiger partial charge >= 0.3 is 4.87 Å². The summed E-state index contributed by atoms with van der Waals surface area (Å²) < 4.78 is 29.9. The van der Waals surface area contributed by atoms with Crippen LogP contribution < -0.4 is 4.87 Å². The first-order valence-corrected chi connectivity index (χ1v) is 11.9. The Kier molecular flexibility index (Phi) is 5.35. The highest BCUT2D eigenvalue weighted by atomic mass is 35.5. The topological polar surface area (TPSA) is 59.4 Å². The highest BCUT2D eigenvalue weighted by molar-refractivity contribution is 7.89. The SMILES string of the molecule is CC1CCN(S(=O)(=O)c2ccc3c(c2)sc(=O)n3Cc2ccc(Cl)cc2)CC1. The van der Waals surface area contributed by atoms with E-state index in [1.165, 1.54) is 0 Å². The lowest BCUT2D eigenvalue weighted by Gasteiger charge is -2.29. The minimum atomic E-state index is -3.53. The number of benzene rings is 2. The number of halogens is 1. The van der Waals surface area contributed by atoms with Crippen molar-refractivity contribution in [2.24, 2.45) is 5.92 Å². The number of aromatic nitrogens is 1. The zero-order valence-corrected chi connectivity index (χ0v) is 17.9. The molecule has 1 aromatic heterocycles. The standard InChI is InChI=1S/C20H21ClN2O3S2/c1-14-8-10-22(11-9-14)28(25,26)17-6-7-18-19(12-17)27-20(24)23(18)13-15-2-4-16(21)5-3-15/h2-7,12,14H,8-11,13H2,1H3. The summed E-state index contributed by atoms with van der Waals surface area (Å²) in [4.78, 5) is 12.7. The fourth-order valence-electron chi connectivity index (χ4n) is 3.50. The smallest absolute Gasteiger partial charge is 0.294 e. The lowest BCUT2D eigenvalue weighted by molar-refractivity contribution is 0.288. The Morgan fingerprint density at radius 3 is 2.46 bits per heavy atom. The average Bonchev–Trinajstić information content (AvgIpc) is 2.98. The minimum absolute atomic E-state index is 0.105. The second-order valence-corrected chi connectivity index (χ2v) is 10.7. The minimum Gasteiger partial charge on any atom is -0.294 e. The Hall–Kier alpha value is -1.67. The first-order chi connectivity index (χ1) is 13.3. The van der Waals surface area contributed by atoms with Crippen molar-refractivity contribution in [1.29, 1.82) is 0 Å². The van der Waals surface area contributed by atoms with Crippen LogP contribution in [0.25, 0.3) is 10.2 Å². The summed E-state index contributed by atoms with van der Waals surface area (Å²) in [6.45, 7) is 3.67. The van der Waals surface area contributed by atoms with Gasteiger partial charge in [0.25, 0.3) is 0 Å². The lowest BCUT2D eigenvalue weighted by Crippen LogP contribution is -2.37. The first-order valence-electron chi connectivity index (χ1n) is 9.22. The molecule has 0 bridgehead atoms. The van der Waals surface area contributed by atoms with E-state index in [2.05, 4.69) is 6.92 Å². The van der Waals surface area contributed by atoms with Crippen LogP contribution >= 0.6 is 22.9 Å². The molecule has 0 N–H and O–H groups in total. The maximum atomic E-state index is 13.0. The van der Waals surface area contributed by atoms with Gasteiger partial charge in [-0.15, -0.1) is 0 Å². The van der Waals surface area contributed by atoms with Gasteiger partial charge in [-0.2, -0.15) is 4.31 Å².